The molecule has 1 aromatic carbocycles. The molecule has 7 heteroatoms. The SMILES string of the molecule is Nc1ccc(-c2nc3cc(NC(=O)c4ccccn4)[nH+]cc3[nH]2)cc1. The summed E-state index contributed by atoms with van der Waals surface area (Å²) in [6, 6.07) is 14.4. The summed E-state index contributed by atoms with van der Waals surface area (Å²) in [6.07, 6.45) is 3.34. The summed E-state index contributed by atoms with van der Waals surface area (Å²) >= 11 is 0. The molecule has 0 saturated carbocycles. The Balaban J connectivity index is 1.62. The largest absolute Gasteiger partial charge is 0.399 e. The highest BCUT2D eigenvalue weighted by atomic mass is 16.1. The van der Waals surface area contributed by atoms with Crippen molar-refractivity contribution in [2.24, 2.45) is 0 Å². The summed E-state index contributed by atoms with van der Waals surface area (Å²) < 4.78 is 0. The van der Waals surface area contributed by atoms with Crippen LogP contribution in [-0.4, -0.2) is 20.9 Å². The number of nitrogens with zero attached hydrogens (tertiary/aromatic N) is 2. The number of H-pyrrole nitrogens is 2. The smallest absolute Gasteiger partial charge is 0.357 e. The van der Waals surface area contributed by atoms with Crippen molar-refractivity contribution in [2.45, 2.75) is 0 Å². The van der Waals surface area contributed by atoms with E-state index in [2.05, 4.69) is 25.3 Å². The van der Waals surface area contributed by atoms with Gasteiger partial charge in [-0.1, -0.05) is 6.07 Å². The second-order valence-corrected chi connectivity index (χ2v) is 5.52. The molecule has 0 saturated heterocycles. The van der Waals surface area contributed by atoms with E-state index in [0.717, 1.165) is 22.4 Å². The molecular formula is C18H15N6O+. The van der Waals surface area contributed by atoms with E-state index in [1.54, 1.807) is 36.7 Å². The first-order valence-electron chi connectivity index (χ1n) is 7.69. The molecule has 0 atom stereocenters. The molecule has 0 bridgehead atoms. The van der Waals surface area contributed by atoms with Gasteiger partial charge in [-0.15, -0.1) is 0 Å². The Morgan fingerprint density at radius 2 is 2.00 bits per heavy atom. The number of nitrogens with two attached hydrogens (primary N) is 1. The van der Waals surface area contributed by atoms with E-state index in [1.807, 2.05) is 24.3 Å². The van der Waals surface area contributed by atoms with Crippen LogP contribution < -0.4 is 16.0 Å². The number of pyridine rings is 2. The summed E-state index contributed by atoms with van der Waals surface area (Å²) in [6.45, 7) is 0. The lowest BCUT2D eigenvalue weighted by Crippen LogP contribution is -2.19. The van der Waals surface area contributed by atoms with E-state index in [0.29, 0.717) is 17.2 Å². The van der Waals surface area contributed by atoms with Crippen molar-refractivity contribution in [3.05, 3.63) is 66.6 Å². The van der Waals surface area contributed by atoms with Gasteiger partial charge in [0.2, 0.25) is 0 Å². The first-order valence-corrected chi connectivity index (χ1v) is 7.69. The highest BCUT2D eigenvalue weighted by molar-refractivity contribution is 6.02. The van der Waals surface area contributed by atoms with Gasteiger partial charge in [-0.05, 0) is 36.4 Å². The predicted molar refractivity (Wildman–Crippen MR) is 94.7 cm³/mol. The lowest BCUT2D eigenvalue weighted by Gasteiger charge is -1.96. The molecule has 5 N–H and O–H groups in total. The van der Waals surface area contributed by atoms with Crippen LogP contribution in [0.3, 0.4) is 0 Å². The van der Waals surface area contributed by atoms with Gasteiger partial charge in [0, 0.05) is 17.4 Å². The van der Waals surface area contributed by atoms with Crippen molar-refractivity contribution < 1.29 is 9.78 Å². The topological polar surface area (TPSA) is 111 Å². The maximum absolute atomic E-state index is 12.2. The van der Waals surface area contributed by atoms with E-state index < -0.39 is 0 Å². The summed E-state index contributed by atoms with van der Waals surface area (Å²) in [4.78, 5) is 27.0. The number of carbonyl (C=O) groups excluding carboxylic acids is 1. The normalized spacial score (nSPS) is 10.7. The Morgan fingerprint density at radius 1 is 1.16 bits per heavy atom. The molecule has 7 nitrogen and oxygen atoms in total. The molecule has 0 fully saturated rings. The van der Waals surface area contributed by atoms with Gasteiger partial charge < -0.3 is 10.7 Å². The Kier molecular flexibility index (Phi) is 3.59. The van der Waals surface area contributed by atoms with Crippen LogP contribution in [0.15, 0.2) is 60.9 Å². The average Bonchev–Trinajstić information content (AvgIpc) is 3.06. The predicted octanol–water partition coefficient (Wildman–Crippen LogP) is 2.27. The average molecular weight is 331 g/mol. The number of benzene rings is 1. The van der Waals surface area contributed by atoms with Gasteiger partial charge in [-0.2, -0.15) is 0 Å². The minimum atomic E-state index is -0.287. The molecule has 0 unspecified atom stereocenters. The Bertz CT molecular complexity index is 1040. The molecule has 0 aliphatic heterocycles. The van der Waals surface area contributed by atoms with E-state index >= 15 is 0 Å². The third kappa shape index (κ3) is 3.02. The molecular weight excluding hydrogens is 316 g/mol. The number of nitrogen functional groups attached to an aromatic ring is 1. The van der Waals surface area contributed by atoms with Gasteiger partial charge in [0.25, 0.3) is 5.82 Å². The van der Waals surface area contributed by atoms with Crippen LogP contribution in [-0.2, 0) is 0 Å². The van der Waals surface area contributed by atoms with E-state index in [-0.39, 0.29) is 5.91 Å². The lowest BCUT2D eigenvalue weighted by atomic mass is 10.2. The maximum atomic E-state index is 12.2. The molecule has 1 amide bonds. The molecule has 0 spiro atoms. The van der Waals surface area contributed by atoms with Crippen LogP contribution in [0, 0.1) is 0 Å². The number of anilines is 2. The monoisotopic (exact) mass is 331 g/mol. The minimum Gasteiger partial charge on any atom is -0.399 e. The van der Waals surface area contributed by atoms with Crippen molar-refractivity contribution >= 4 is 28.4 Å². The van der Waals surface area contributed by atoms with Crippen molar-refractivity contribution in [3.8, 4) is 11.4 Å². The number of aromatic amines is 2. The maximum Gasteiger partial charge on any atom is 0.357 e. The summed E-state index contributed by atoms with van der Waals surface area (Å²) in [7, 11) is 0. The van der Waals surface area contributed by atoms with Gasteiger partial charge in [0.15, 0.2) is 5.69 Å². The molecule has 0 aliphatic carbocycles. The van der Waals surface area contributed by atoms with Gasteiger partial charge in [0.05, 0.1) is 6.07 Å². The highest BCUT2D eigenvalue weighted by Crippen LogP contribution is 2.21. The second-order valence-electron chi connectivity index (χ2n) is 5.52. The number of hydrogen-bond donors (Lipinski definition) is 3. The summed E-state index contributed by atoms with van der Waals surface area (Å²) in [5.41, 5.74) is 9.27. The van der Waals surface area contributed by atoms with Gasteiger partial charge >= 0.3 is 5.91 Å². The summed E-state index contributed by atoms with van der Waals surface area (Å²) in [5.74, 6) is 0.987. The third-order valence-corrected chi connectivity index (χ3v) is 3.74. The number of amides is 1. The zero-order chi connectivity index (χ0) is 17.2. The quantitative estimate of drug-likeness (QED) is 0.500. The van der Waals surface area contributed by atoms with Gasteiger partial charge in [-0.3, -0.25) is 0 Å². The van der Waals surface area contributed by atoms with Crippen molar-refractivity contribution in [2.75, 3.05) is 11.1 Å². The molecule has 122 valence electrons. The Morgan fingerprint density at radius 3 is 2.76 bits per heavy atom. The fourth-order valence-electron chi connectivity index (χ4n) is 2.48. The van der Waals surface area contributed by atoms with Crippen LogP contribution in [0.25, 0.3) is 22.4 Å². The van der Waals surface area contributed by atoms with Crippen molar-refractivity contribution in [1.82, 2.24) is 15.0 Å². The van der Waals surface area contributed by atoms with Gasteiger partial charge in [0.1, 0.15) is 23.1 Å². The van der Waals surface area contributed by atoms with Crippen LogP contribution in [0.4, 0.5) is 11.5 Å². The first-order chi connectivity index (χ1) is 12.2. The van der Waals surface area contributed by atoms with Crippen LogP contribution in [0.5, 0.6) is 0 Å². The number of aromatic nitrogens is 4. The second kappa shape index (κ2) is 6.04. The molecule has 3 aromatic heterocycles. The van der Waals surface area contributed by atoms with Crippen LogP contribution in [0.2, 0.25) is 0 Å². The molecule has 3 heterocycles. The van der Waals surface area contributed by atoms with Crippen molar-refractivity contribution in [3.63, 3.8) is 0 Å². The fourth-order valence-corrected chi connectivity index (χ4v) is 2.48. The van der Waals surface area contributed by atoms with Crippen LogP contribution in [0.1, 0.15) is 10.5 Å². The molecule has 4 aromatic rings. The zero-order valence-corrected chi connectivity index (χ0v) is 13.2. The van der Waals surface area contributed by atoms with Crippen molar-refractivity contribution in [1.29, 1.82) is 0 Å². The summed E-state index contributed by atoms with van der Waals surface area (Å²) in [5, 5.41) is 2.78. The standard InChI is InChI=1S/C18H14N6O/c19-12-6-4-11(5-7-12)17-22-14-9-16(21-10-15(14)23-17)24-18(25)13-3-1-2-8-20-13/h1-10H,19H2,(H,22,23)(H,21,24,25)/p+1. The Labute approximate surface area is 143 Å². The number of carbonyl (C=O) groups is 1. The number of rotatable bonds is 3. The minimum absolute atomic E-state index is 0.287. The fraction of sp³-hybridized carbons (Fsp3) is 0. The Hall–Kier alpha value is -3.74. The molecule has 4 rings (SSSR count). The number of imidazole rings is 1. The van der Waals surface area contributed by atoms with Crippen LogP contribution >= 0.6 is 0 Å². The van der Waals surface area contributed by atoms with Gasteiger partial charge in [-0.25, -0.2) is 25.1 Å². The zero-order valence-electron chi connectivity index (χ0n) is 13.2. The molecule has 0 radical (unpaired) electrons. The van der Waals surface area contributed by atoms with E-state index in [4.69, 9.17) is 5.73 Å². The van der Waals surface area contributed by atoms with E-state index in [1.165, 1.54) is 0 Å². The number of fused-ring (bicyclic) bond motifs is 1. The van der Waals surface area contributed by atoms with E-state index in [9.17, 15) is 4.79 Å². The molecule has 0 aliphatic rings. The number of hydrogen-bond acceptors (Lipinski definition) is 4. The first kappa shape index (κ1) is 14.8. The molecule has 25 heavy (non-hydrogen) atoms. The number of nitrogens with one attached hydrogen (secondary N) is 3. The third-order valence-electron chi connectivity index (χ3n) is 3.74. The lowest BCUT2D eigenvalue weighted by molar-refractivity contribution is -0.358. The highest BCUT2D eigenvalue weighted by Gasteiger charge is 2.15.